The van der Waals surface area contributed by atoms with Crippen molar-refractivity contribution in [2.45, 2.75) is 0 Å². The average molecular weight is 234 g/mol. The maximum Gasteiger partial charge on any atom is 0.250 e. The van der Waals surface area contributed by atoms with Crippen molar-refractivity contribution in [2.75, 3.05) is 0 Å². The largest absolute Gasteiger partial charge is 0.434 e. The van der Waals surface area contributed by atoms with Crippen LogP contribution >= 0.6 is 0 Å². The van der Waals surface area contributed by atoms with E-state index in [4.69, 9.17) is 15.7 Å². The van der Waals surface area contributed by atoms with Crippen molar-refractivity contribution in [2.24, 2.45) is 17.9 Å². The van der Waals surface area contributed by atoms with E-state index in [1.54, 1.807) is 17.9 Å². The van der Waals surface area contributed by atoms with Crippen LogP contribution in [-0.4, -0.2) is 31.0 Å². The van der Waals surface area contributed by atoms with Gasteiger partial charge in [-0.05, 0) is 6.07 Å². The molecule has 2 aromatic heterocycles. The lowest BCUT2D eigenvalue weighted by Gasteiger charge is -2.05. The molecule has 0 amide bonds. The minimum atomic E-state index is -0.0983. The van der Waals surface area contributed by atoms with Crippen LogP contribution in [0.4, 0.5) is 0 Å². The first-order valence-corrected chi connectivity index (χ1v) is 4.67. The molecule has 0 saturated heterocycles. The van der Waals surface area contributed by atoms with Crippen molar-refractivity contribution in [1.82, 2.24) is 20.0 Å². The lowest BCUT2D eigenvalue weighted by molar-refractivity contribution is 0.318. The van der Waals surface area contributed by atoms with Gasteiger partial charge in [0.15, 0.2) is 11.6 Å². The lowest BCUT2D eigenvalue weighted by Crippen LogP contribution is -2.15. The van der Waals surface area contributed by atoms with E-state index in [0.717, 1.165) is 0 Å². The SMILES string of the molecule is Cn1cc(Oc2nnccc2/C(N)=N/O)cn1. The summed E-state index contributed by atoms with van der Waals surface area (Å²) in [6, 6.07) is 1.54. The van der Waals surface area contributed by atoms with Crippen LogP contribution in [0.3, 0.4) is 0 Å². The highest BCUT2D eigenvalue weighted by Crippen LogP contribution is 2.21. The van der Waals surface area contributed by atoms with Crippen molar-refractivity contribution in [3.8, 4) is 11.6 Å². The normalized spacial score (nSPS) is 11.5. The average Bonchev–Trinajstić information content (AvgIpc) is 2.74. The van der Waals surface area contributed by atoms with Gasteiger partial charge in [-0.1, -0.05) is 5.16 Å². The molecule has 88 valence electrons. The van der Waals surface area contributed by atoms with E-state index >= 15 is 0 Å². The van der Waals surface area contributed by atoms with Crippen molar-refractivity contribution in [1.29, 1.82) is 0 Å². The standard InChI is InChI=1S/C9H10N6O2/c1-15-5-6(4-12-15)17-9-7(8(10)14-16)2-3-11-13-9/h2-5,16H,1H3,(H2,10,14). The number of nitrogens with two attached hydrogens (primary N) is 1. The summed E-state index contributed by atoms with van der Waals surface area (Å²) in [7, 11) is 1.76. The van der Waals surface area contributed by atoms with Gasteiger partial charge in [-0.25, -0.2) is 0 Å². The van der Waals surface area contributed by atoms with Gasteiger partial charge in [0.25, 0.3) is 0 Å². The number of amidine groups is 1. The van der Waals surface area contributed by atoms with Gasteiger partial charge in [-0.15, -0.1) is 5.10 Å². The maximum absolute atomic E-state index is 8.63. The summed E-state index contributed by atoms with van der Waals surface area (Å²) in [6.07, 6.45) is 4.60. The fraction of sp³-hybridized carbons (Fsp3) is 0.111. The molecular weight excluding hydrogens is 224 g/mol. The van der Waals surface area contributed by atoms with Gasteiger partial charge < -0.3 is 15.7 Å². The first kappa shape index (κ1) is 10.9. The van der Waals surface area contributed by atoms with E-state index in [9.17, 15) is 0 Å². The Balaban J connectivity index is 2.32. The zero-order chi connectivity index (χ0) is 12.3. The van der Waals surface area contributed by atoms with Gasteiger partial charge in [-0.2, -0.15) is 10.2 Å². The molecule has 2 aromatic rings. The molecule has 17 heavy (non-hydrogen) atoms. The summed E-state index contributed by atoms with van der Waals surface area (Å²) < 4.78 is 7.00. The molecule has 8 heteroatoms. The van der Waals surface area contributed by atoms with Gasteiger partial charge >= 0.3 is 0 Å². The summed E-state index contributed by atoms with van der Waals surface area (Å²) in [5.74, 6) is 0.537. The topological polar surface area (TPSA) is 111 Å². The second-order valence-corrected chi connectivity index (χ2v) is 3.19. The molecule has 0 spiro atoms. The van der Waals surface area contributed by atoms with E-state index in [0.29, 0.717) is 11.3 Å². The fourth-order valence-electron chi connectivity index (χ4n) is 1.21. The highest BCUT2D eigenvalue weighted by atomic mass is 16.5. The van der Waals surface area contributed by atoms with Crippen LogP contribution in [0.1, 0.15) is 5.56 Å². The number of ether oxygens (including phenoxy) is 1. The molecule has 0 unspecified atom stereocenters. The highest BCUT2D eigenvalue weighted by Gasteiger charge is 2.11. The zero-order valence-electron chi connectivity index (χ0n) is 8.98. The molecular formula is C9H10N6O2. The Kier molecular flexibility index (Phi) is 2.86. The van der Waals surface area contributed by atoms with Crippen molar-refractivity contribution in [3.05, 3.63) is 30.2 Å². The van der Waals surface area contributed by atoms with Crippen LogP contribution in [0.25, 0.3) is 0 Å². The smallest absolute Gasteiger partial charge is 0.250 e. The second-order valence-electron chi connectivity index (χ2n) is 3.19. The Morgan fingerprint density at radius 3 is 3.06 bits per heavy atom. The monoisotopic (exact) mass is 234 g/mol. The molecule has 2 rings (SSSR count). The van der Waals surface area contributed by atoms with E-state index in [-0.39, 0.29) is 11.7 Å². The number of aromatic nitrogens is 4. The van der Waals surface area contributed by atoms with Crippen LogP contribution in [0.5, 0.6) is 11.6 Å². The number of hydrogen-bond donors (Lipinski definition) is 2. The van der Waals surface area contributed by atoms with Crippen molar-refractivity contribution < 1.29 is 9.94 Å². The fourth-order valence-corrected chi connectivity index (χ4v) is 1.21. The Morgan fingerprint density at radius 1 is 1.59 bits per heavy atom. The first-order valence-electron chi connectivity index (χ1n) is 4.67. The summed E-state index contributed by atoms with van der Waals surface area (Å²) in [6.45, 7) is 0. The quantitative estimate of drug-likeness (QED) is 0.337. The Bertz CT molecular complexity index is 550. The molecule has 8 nitrogen and oxygen atoms in total. The van der Waals surface area contributed by atoms with Crippen LogP contribution in [0, 0.1) is 0 Å². The molecule has 0 saturated carbocycles. The second kappa shape index (κ2) is 4.47. The number of rotatable bonds is 3. The van der Waals surface area contributed by atoms with E-state index < -0.39 is 0 Å². The molecule has 0 fully saturated rings. The van der Waals surface area contributed by atoms with Crippen molar-refractivity contribution >= 4 is 5.84 Å². The van der Waals surface area contributed by atoms with E-state index in [1.165, 1.54) is 18.5 Å². The summed E-state index contributed by atoms with van der Waals surface area (Å²) in [5, 5.41) is 22.9. The maximum atomic E-state index is 8.63. The predicted octanol–water partition coefficient (Wildman–Crippen LogP) is 0.0969. The highest BCUT2D eigenvalue weighted by molar-refractivity contribution is 5.98. The van der Waals surface area contributed by atoms with Crippen molar-refractivity contribution in [3.63, 3.8) is 0 Å². The van der Waals surface area contributed by atoms with Gasteiger partial charge in [0.2, 0.25) is 5.88 Å². The van der Waals surface area contributed by atoms with Gasteiger partial charge in [0.1, 0.15) is 0 Å². The van der Waals surface area contributed by atoms with Crippen LogP contribution in [-0.2, 0) is 7.05 Å². The summed E-state index contributed by atoms with van der Waals surface area (Å²) in [4.78, 5) is 0. The zero-order valence-corrected chi connectivity index (χ0v) is 8.98. The number of aryl methyl sites for hydroxylation is 1. The van der Waals surface area contributed by atoms with Crippen LogP contribution in [0.15, 0.2) is 29.8 Å². The third kappa shape index (κ3) is 2.30. The molecule has 0 bridgehead atoms. The molecule has 0 radical (unpaired) electrons. The Hall–Kier alpha value is -2.64. The third-order valence-electron chi connectivity index (χ3n) is 1.97. The minimum absolute atomic E-state index is 0.0983. The number of oxime groups is 1. The predicted molar refractivity (Wildman–Crippen MR) is 57.8 cm³/mol. The van der Waals surface area contributed by atoms with Crippen LogP contribution in [0.2, 0.25) is 0 Å². The Morgan fingerprint density at radius 2 is 2.41 bits per heavy atom. The van der Waals surface area contributed by atoms with E-state index in [2.05, 4.69) is 20.5 Å². The molecule has 0 aliphatic rings. The summed E-state index contributed by atoms with van der Waals surface area (Å²) in [5.41, 5.74) is 5.84. The Labute approximate surface area is 96.3 Å². The van der Waals surface area contributed by atoms with Gasteiger partial charge in [-0.3, -0.25) is 4.68 Å². The first-order chi connectivity index (χ1) is 8.20. The van der Waals surface area contributed by atoms with Crippen LogP contribution < -0.4 is 10.5 Å². The molecule has 0 atom stereocenters. The van der Waals surface area contributed by atoms with Gasteiger partial charge in [0, 0.05) is 7.05 Å². The number of nitrogens with zero attached hydrogens (tertiary/aromatic N) is 5. The molecule has 0 aromatic carbocycles. The van der Waals surface area contributed by atoms with Gasteiger partial charge in [0.05, 0.1) is 24.2 Å². The molecule has 2 heterocycles. The van der Waals surface area contributed by atoms with E-state index in [1.807, 2.05) is 0 Å². The summed E-state index contributed by atoms with van der Waals surface area (Å²) >= 11 is 0. The third-order valence-corrected chi connectivity index (χ3v) is 1.97. The minimum Gasteiger partial charge on any atom is -0.434 e. The lowest BCUT2D eigenvalue weighted by atomic mass is 10.3. The molecule has 3 N–H and O–H groups in total. The molecule has 0 aliphatic heterocycles. The molecule has 0 aliphatic carbocycles. The number of hydrogen-bond acceptors (Lipinski definition) is 6.